The molecule has 1 unspecified atom stereocenters. The molecule has 204 valence electrons. The average molecular weight is 522 g/mol. The van der Waals surface area contributed by atoms with E-state index in [4.69, 9.17) is 15.6 Å². The van der Waals surface area contributed by atoms with E-state index in [0.29, 0.717) is 24.8 Å². The topological polar surface area (TPSA) is 122 Å². The van der Waals surface area contributed by atoms with E-state index in [2.05, 4.69) is 5.10 Å². The number of rotatable bonds is 9. The van der Waals surface area contributed by atoms with Crippen LogP contribution in [0.25, 0.3) is 0 Å². The Morgan fingerprint density at radius 1 is 1.05 bits per heavy atom. The second-order valence-corrected chi connectivity index (χ2v) is 10.3. The van der Waals surface area contributed by atoms with Gasteiger partial charge in [-0.15, -0.1) is 5.10 Å². The number of carbonyl (C=O) groups excluding carboxylic acids is 2. The molecule has 0 radical (unpaired) electrons. The first-order valence-corrected chi connectivity index (χ1v) is 13.4. The summed E-state index contributed by atoms with van der Waals surface area (Å²) < 4.78 is 5.45. The molecule has 2 aromatic rings. The Kier molecular flexibility index (Phi) is 10.9. The Morgan fingerprint density at radius 2 is 1.71 bits per heavy atom. The first-order valence-electron chi connectivity index (χ1n) is 13.4. The molecule has 8 nitrogen and oxygen atoms in total. The first kappa shape index (κ1) is 28.9. The summed E-state index contributed by atoms with van der Waals surface area (Å²) in [5.41, 5.74) is 8.14. The molecule has 1 heterocycles. The van der Waals surface area contributed by atoms with E-state index in [1.807, 2.05) is 68.4 Å². The highest BCUT2D eigenvalue weighted by atomic mass is 16.5. The number of carboxylic acids is 1. The van der Waals surface area contributed by atoms with Crippen molar-refractivity contribution in [3.63, 3.8) is 0 Å². The van der Waals surface area contributed by atoms with Gasteiger partial charge in [-0.25, -0.2) is 5.01 Å². The van der Waals surface area contributed by atoms with Crippen molar-refractivity contribution in [2.24, 2.45) is 22.7 Å². The SMILES string of the molecule is CC(C)C(C(N)=O)c1ccc(CN2N=C(c3ccccc3)OCC2=O)cc1.O=C(O)CCC1CCCCC1. The van der Waals surface area contributed by atoms with Crippen LogP contribution in [0.2, 0.25) is 0 Å². The van der Waals surface area contributed by atoms with Gasteiger partial charge in [0.25, 0.3) is 5.91 Å². The molecular weight excluding hydrogens is 482 g/mol. The highest BCUT2D eigenvalue weighted by Gasteiger charge is 2.24. The number of nitrogens with zero attached hydrogens (tertiary/aromatic N) is 2. The number of hydrogen-bond donors (Lipinski definition) is 2. The van der Waals surface area contributed by atoms with Crippen LogP contribution in [-0.4, -0.2) is 40.4 Å². The van der Waals surface area contributed by atoms with E-state index >= 15 is 0 Å². The number of nitrogens with two attached hydrogens (primary N) is 1. The molecule has 2 amide bonds. The van der Waals surface area contributed by atoms with Gasteiger partial charge < -0.3 is 15.6 Å². The number of primary amides is 1. The van der Waals surface area contributed by atoms with Crippen LogP contribution in [0, 0.1) is 11.8 Å². The van der Waals surface area contributed by atoms with E-state index in [9.17, 15) is 14.4 Å². The molecule has 1 saturated carbocycles. The highest BCUT2D eigenvalue weighted by Crippen LogP contribution is 2.27. The van der Waals surface area contributed by atoms with Gasteiger partial charge in [0.1, 0.15) is 0 Å². The van der Waals surface area contributed by atoms with Crippen LogP contribution in [0.3, 0.4) is 0 Å². The minimum Gasteiger partial charge on any atom is -0.481 e. The molecule has 2 aromatic carbocycles. The molecule has 0 saturated heterocycles. The van der Waals surface area contributed by atoms with E-state index in [-0.39, 0.29) is 30.3 Å². The summed E-state index contributed by atoms with van der Waals surface area (Å²) in [6.45, 7) is 4.23. The molecule has 1 atom stereocenters. The van der Waals surface area contributed by atoms with Crippen molar-refractivity contribution in [1.82, 2.24) is 5.01 Å². The van der Waals surface area contributed by atoms with Crippen LogP contribution >= 0.6 is 0 Å². The molecule has 1 aliphatic heterocycles. The summed E-state index contributed by atoms with van der Waals surface area (Å²) >= 11 is 0. The van der Waals surface area contributed by atoms with Gasteiger partial charge in [0, 0.05) is 12.0 Å². The molecule has 8 heteroatoms. The standard InChI is InChI=1S/C21H23N3O3.C9H16O2/c1-14(2)19(20(22)26)16-10-8-15(9-11-16)12-24-18(25)13-27-21(23-24)17-6-4-3-5-7-17;10-9(11)7-6-8-4-2-1-3-5-8/h3-11,14,19H,12-13H2,1-2H3,(H2,22,26);8H,1-7H2,(H,10,11). The monoisotopic (exact) mass is 521 g/mol. The lowest BCUT2D eigenvalue weighted by Gasteiger charge is -2.24. The maximum Gasteiger partial charge on any atom is 0.303 e. The van der Waals surface area contributed by atoms with Crippen LogP contribution in [0.1, 0.15) is 81.4 Å². The van der Waals surface area contributed by atoms with E-state index in [0.717, 1.165) is 23.1 Å². The number of hydrazone groups is 1. The summed E-state index contributed by atoms with van der Waals surface area (Å²) in [7, 11) is 0. The molecule has 0 bridgehead atoms. The van der Waals surface area contributed by atoms with Crippen LogP contribution in [0.5, 0.6) is 0 Å². The first-order chi connectivity index (χ1) is 18.2. The zero-order valence-electron chi connectivity index (χ0n) is 22.3. The zero-order valence-corrected chi connectivity index (χ0v) is 22.3. The number of amides is 2. The smallest absolute Gasteiger partial charge is 0.303 e. The predicted molar refractivity (Wildman–Crippen MR) is 146 cm³/mol. The van der Waals surface area contributed by atoms with Crippen molar-refractivity contribution < 1.29 is 24.2 Å². The molecule has 1 fully saturated rings. The van der Waals surface area contributed by atoms with E-state index in [1.165, 1.54) is 37.1 Å². The Hall–Kier alpha value is -3.68. The Morgan fingerprint density at radius 3 is 2.29 bits per heavy atom. The Balaban J connectivity index is 0.000000304. The zero-order chi connectivity index (χ0) is 27.5. The van der Waals surface area contributed by atoms with Gasteiger partial charge in [-0.2, -0.15) is 0 Å². The Labute approximate surface area is 224 Å². The number of carboxylic acid groups (broad SMARTS) is 1. The maximum atomic E-state index is 12.2. The number of aliphatic carboxylic acids is 1. The molecule has 0 spiro atoms. The molecule has 0 aromatic heterocycles. The number of ether oxygens (including phenoxy) is 1. The fourth-order valence-corrected chi connectivity index (χ4v) is 4.93. The molecular formula is C30H39N3O5. The fraction of sp³-hybridized carbons (Fsp3) is 0.467. The number of carbonyl (C=O) groups is 3. The lowest BCUT2D eigenvalue weighted by Crippen LogP contribution is -2.36. The van der Waals surface area contributed by atoms with Gasteiger partial charge in [-0.05, 0) is 41.5 Å². The van der Waals surface area contributed by atoms with Gasteiger partial charge in [0.2, 0.25) is 11.8 Å². The molecule has 2 aliphatic rings. The minimum atomic E-state index is -0.643. The van der Waals surface area contributed by atoms with Gasteiger partial charge >= 0.3 is 5.97 Å². The lowest BCUT2D eigenvalue weighted by molar-refractivity contribution is -0.137. The second kappa shape index (κ2) is 14.3. The lowest BCUT2D eigenvalue weighted by atomic mass is 9.86. The summed E-state index contributed by atoms with van der Waals surface area (Å²) in [5, 5.41) is 14.2. The predicted octanol–water partition coefficient (Wildman–Crippen LogP) is 5.06. The number of hydrogen-bond acceptors (Lipinski definition) is 5. The van der Waals surface area contributed by atoms with Crippen LogP contribution in [0.15, 0.2) is 59.7 Å². The van der Waals surface area contributed by atoms with Crippen molar-refractivity contribution in [2.75, 3.05) is 6.61 Å². The summed E-state index contributed by atoms with van der Waals surface area (Å²) in [6, 6.07) is 17.0. The van der Waals surface area contributed by atoms with Crippen LogP contribution in [0.4, 0.5) is 0 Å². The third-order valence-electron chi connectivity index (χ3n) is 6.99. The Bertz CT molecular complexity index is 1090. The normalized spacial score (nSPS) is 16.7. The third-order valence-corrected chi connectivity index (χ3v) is 6.99. The van der Waals surface area contributed by atoms with Crippen molar-refractivity contribution in [2.45, 2.75) is 71.3 Å². The van der Waals surface area contributed by atoms with E-state index in [1.54, 1.807) is 0 Å². The van der Waals surface area contributed by atoms with Gasteiger partial charge in [0.05, 0.1) is 12.5 Å². The quantitative estimate of drug-likeness (QED) is 0.477. The van der Waals surface area contributed by atoms with Crippen molar-refractivity contribution in [3.05, 3.63) is 71.3 Å². The molecule has 4 rings (SSSR count). The van der Waals surface area contributed by atoms with Gasteiger partial charge in [-0.3, -0.25) is 14.4 Å². The molecule has 3 N–H and O–H groups in total. The minimum absolute atomic E-state index is 0.0388. The fourth-order valence-electron chi connectivity index (χ4n) is 4.93. The third kappa shape index (κ3) is 8.71. The van der Waals surface area contributed by atoms with Gasteiger partial charge in [-0.1, -0.05) is 88.4 Å². The van der Waals surface area contributed by atoms with Crippen LogP contribution in [-0.2, 0) is 25.7 Å². The largest absolute Gasteiger partial charge is 0.481 e. The average Bonchev–Trinajstić information content (AvgIpc) is 2.91. The van der Waals surface area contributed by atoms with Gasteiger partial charge in [0.15, 0.2) is 6.61 Å². The van der Waals surface area contributed by atoms with Crippen molar-refractivity contribution >= 4 is 23.7 Å². The van der Waals surface area contributed by atoms with Crippen molar-refractivity contribution in [1.29, 1.82) is 0 Å². The summed E-state index contributed by atoms with van der Waals surface area (Å²) in [6.07, 6.45) is 7.75. The maximum absolute atomic E-state index is 12.2. The molecule has 1 aliphatic carbocycles. The number of benzene rings is 2. The summed E-state index contributed by atoms with van der Waals surface area (Å²) in [4.78, 5) is 34.1. The second-order valence-electron chi connectivity index (χ2n) is 10.3. The van der Waals surface area contributed by atoms with E-state index < -0.39 is 5.97 Å². The highest BCUT2D eigenvalue weighted by molar-refractivity contribution is 5.97. The van der Waals surface area contributed by atoms with Crippen LogP contribution < -0.4 is 5.73 Å². The summed E-state index contributed by atoms with van der Waals surface area (Å²) in [5.74, 6) is -0.246. The van der Waals surface area contributed by atoms with Crippen molar-refractivity contribution in [3.8, 4) is 0 Å². The molecule has 38 heavy (non-hydrogen) atoms.